The van der Waals surface area contributed by atoms with Gasteiger partial charge < -0.3 is 15.1 Å². The van der Waals surface area contributed by atoms with Gasteiger partial charge in [0.15, 0.2) is 5.96 Å². The van der Waals surface area contributed by atoms with Crippen molar-refractivity contribution in [1.82, 2.24) is 20.0 Å². The number of likely N-dealkylation sites (tertiary alicyclic amines) is 1. The Kier molecular flexibility index (Phi) is 10.4. The highest BCUT2D eigenvalue weighted by molar-refractivity contribution is 14.0. The minimum absolute atomic E-state index is 0. The van der Waals surface area contributed by atoms with Crippen LogP contribution in [0.3, 0.4) is 0 Å². The number of piperazine rings is 1. The molecule has 2 saturated heterocycles. The Hall–Kier alpha value is -0.870. The first-order chi connectivity index (χ1) is 14.0. The number of hydrogen-bond donors (Lipinski definition) is 1. The number of aliphatic imine (C=N–C) groups is 1. The van der Waals surface area contributed by atoms with Crippen LogP contribution < -0.4 is 5.32 Å². The van der Waals surface area contributed by atoms with Gasteiger partial charge in [0.05, 0.1) is 13.1 Å². The van der Waals surface area contributed by atoms with Crippen LogP contribution in [-0.2, 0) is 10.2 Å². The van der Waals surface area contributed by atoms with Crippen LogP contribution in [0, 0.1) is 0 Å². The van der Waals surface area contributed by atoms with E-state index in [0.717, 1.165) is 71.2 Å². The van der Waals surface area contributed by atoms with Gasteiger partial charge in [-0.3, -0.25) is 14.7 Å². The molecule has 0 spiro atoms. The van der Waals surface area contributed by atoms with Crippen LogP contribution in [0.4, 0.5) is 0 Å². The van der Waals surface area contributed by atoms with Gasteiger partial charge in [0.25, 0.3) is 0 Å². The number of amides is 1. The number of carbonyl (C=O) groups is 1. The molecule has 1 aromatic rings. The molecule has 1 N–H and O–H groups in total. The molecule has 1 amide bonds. The van der Waals surface area contributed by atoms with E-state index < -0.39 is 0 Å². The number of nitrogens with one attached hydrogen (secondary N) is 1. The van der Waals surface area contributed by atoms with Crippen LogP contribution in [0.5, 0.6) is 0 Å². The van der Waals surface area contributed by atoms with Crippen LogP contribution in [0.2, 0.25) is 0 Å². The molecular formula is C22H38IN5OS. The zero-order valence-corrected chi connectivity index (χ0v) is 21.9. The molecule has 170 valence electrons. The second kappa shape index (κ2) is 12.2. The summed E-state index contributed by atoms with van der Waals surface area (Å²) in [4.78, 5) is 25.6. The minimum Gasteiger partial charge on any atom is -0.357 e. The van der Waals surface area contributed by atoms with Gasteiger partial charge in [-0.1, -0.05) is 19.9 Å². The molecular weight excluding hydrogens is 509 g/mol. The van der Waals surface area contributed by atoms with Gasteiger partial charge in [0.1, 0.15) is 0 Å². The summed E-state index contributed by atoms with van der Waals surface area (Å²) in [6, 6.07) is 4.31. The standard InChI is InChI=1S/C22H37N5OS.HI/c1-4-23-21(24-18-22(2,3)19-9-8-16-29-19)27-14-12-25(13-15-27)17-20(28)26-10-6-5-7-11-26;/h8-9,16H,4-7,10-15,17-18H2,1-3H3,(H,23,24);1H. The van der Waals surface area contributed by atoms with Crippen molar-refractivity contribution in [2.24, 2.45) is 4.99 Å². The smallest absolute Gasteiger partial charge is 0.236 e. The van der Waals surface area contributed by atoms with Gasteiger partial charge >= 0.3 is 0 Å². The lowest BCUT2D eigenvalue weighted by atomic mass is 9.92. The quantitative estimate of drug-likeness (QED) is 0.338. The number of piperidine rings is 1. The summed E-state index contributed by atoms with van der Waals surface area (Å²) in [5, 5.41) is 5.60. The van der Waals surface area contributed by atoms with Crippen molar-refractivity contribution in [3.8, 4) is 0 Å². The Morgan fingerprint density at radius 2 is 1.80 bits per heavy atom. The van der Waals surface area contributed by atoms with Crippen molar-refractivity contribution in [2.75, 3.05) is 58.9 Å². The monoisotopic (exact) mass is 547 g/mol. The Bertz CT molecular complexity index is 665. The first-order valence-electron chi connectivity index (χ1n) is 11.1. The molecule has 0 unspecified atom stereocenters. The van der Waals surface area contributed by atoms with E-state index in [1.807, 2.05) is 4.90 Å². The summed E-state index contributed by atoms with van der Waals surface area (Å²) < 4.78 is 0. The highest BCUT2D eigenvalue weighted by atomic mass is 127. The predicted octanol–water partition coefficient (Wildman–Crippen LogP) is 3.24. The van der Waals surface area contributed by atoms with Crippen molar-refractivity contribution in [3.05, 3.63) is 22.4 Å². The fourth-order valence-electron chi connectivity index (χ4n) is 3.99. The minimum atomic E-state index is 0. The van der Waals surface area contributed by atoms with E-state index in [9.17, 15) is 4.79 Å². The van der Waals surface area contributed by atoms with E-state index in [2.05, 4.69) is 53.4 Å². The van der Waals surface area contributed by atoms with Crippen molar-refractivity contribution in [3.63, 3.8) is 0 Å². The van der Waals surface area contributed by atoms with Crippen molar-refractivity contribution in [2.45, 2.75) is 45.4 Å². The van der Waals surface area contributed by atoms with E-state index in [0.29, 0.717) is 12.5 Å². The third kappa shape index (κ3) is 7.09. The molecule has 1 aromatic heterocycles. The maximum absolute atomic E-state index is 12.5. The summed E-state index contributed by atoms with van der Waals surface area (Å²) in [7, 11) is 0. The molecule has 0 aliphatic carbocycles. The van der Waals surface area contributed by atoms with Crippen LogP contribution in [0.25, 0.3) is 0 Å². The van der Waals surface area contributed by atoms with Gasteiger partial charge in [0.2, 0.25) is 5.91 Å². The van der Waals surface area contributed by atoms with E-state index in [-0.39, 0.29) is 29.4 Å². The van der Waals surface area contributed by atoms with E-state index >= 15 is 0 Å². The predicted molar refractivity (Wildman–Crippen MR) is 137 cm³/mol. The zero-order chi connectivity index (χ0) is 20.7. The molecule has 0 bridgehead atoms. The molecule has 2 aliphatic rings. The molecule has 30 heavy (non-hydrogen) atoms. The number of hydrogen-bond acceptors (Lipinski definition) is 4. The van der Waals surface area contributed by atoms with Crippen LogP contribution >= 0.6 is 35.3 Å². The molecule has 0 aromatic carbocycles. The lowest BCUT2D eigenvalue weighted by Crippen LogP contribution is -2.54. The third-order valence-electron chi connectivity index (χ3n) is 5.89. The summed E-state index contributed by atoms with van der Waals surface area (Å²) in [5.41, 5.74) is 0.0392. The fourth-order valence-corrected chi connectivity index (χ4v) is 4.84. The lowest BCUT2D eigenvalue weighted by Gasteiger charge is -2.37. The molecule has 6 nitrogen and oxygen atoms in total. The topological polar surface area (TPSA) is 51.2 Å². The number of rotatable bonds is 6. The SMILES string of the molecule is CCNC(=NCC(C)(C)c1cccs1)N1CCN(CC(=O)N2CCCCC2)CC1.I. The molecule has 0 atom stereocenters. The number of halogens is 1. The second-order valence-electron chi connectivity index (χ2n) is 8.74. The number of carbonyl (C=O) groups excluding carboxylic acids is 1. The molecule has 3 rings (SSSR count). The Labute approximate surface area is 203 Å². The summed E-state index contributed by atoms with van der Waals surface area (Å²) >= 11 is 1.80. The van der Waals surface area contributed by atoms with Gasteiger partial charge in [-0.25, -0.2) is 0 Å². The molecule has 0 radical (unpaired) electrons. The lowest BCUT2D eigenvalue weighted by molar-refractivity contribution is -0.133. The van der Waals surface area contributed by atoms with Crippen molar-refractivity contribution in [1.29, 1.82) is 0 Å². The molecule has 2 fully saturated rings. The van der Waals surface area contributed by atoms with Crippen LogP contribution in [0.1, 0.15) is 44.9 Å². The highest BCUT2D eigenvalue weighted by Crippen LogP contribution is 2.27. The maximum atomic E-state index is 12.5. The molecule has 8 heteroatoms. The van der Waals surface area contributed by atoms with Crippen molar-refractivity contribution >= 4 is 47.2 Å². The number of nitrogens with zero attached hydrogens (tertiary/aromatic N) is 4. The van der Waals surface area contributed by atoms with Gasteiger partial charge in [0, 0.05) is 56.1 Å². The second-order valence-corrected chi connectivity index (χ2v) is 9.68. The van der Waals surface area contributed by atoms with E-state index in [4.69, 9.17) is 4.99 Å². The number of thiophene rings is 1. The molecule has 3 heterocycles. The Balaban J connectivity index is 0.00000320. The van der Waals surface area contributed by atoms with Crippen LogP contribution in [-0.4, -0.2) is 85.5 Å². The normalized spacial score (nSPS) is 18.8. The zero-order valence-electron chi connectivity index (χ0n) is 18.7. The fraction of sp³-hybridized carbons (Fsp3) is 0.727. The molecule has 0 saturated carbocycles. The molecule has 2 aliphatic heterocycles. The first kappa shape index (κ1) is 25.4. The van der Waals surface area contributed by atoms with E-state index in [1.54, 1.807) is 11.3 Å². The average molecular weight is 548 g/mol. The Morgan fingerprint density at radius 1 is 1.10 bits per heavy atom. The highest BCUT2D eigenvalue weighted by Gasteiger charge is 2.25. The first-order valence-corrected chi connectivity index (χ1v) is 11.9. The van der Waals surface area contributed by atoms with Gasteiger partial charge in [-0.15, -0.1) is 35.3 Å². The van der Waals surface area contributed by atoms with Gasteiger partial charge in [-0.05, 0) is 37.6 Å². The summed E-state index contributed by atoms with van der Waals surface area (Å²) in [6.07, 6.45) is 3.58. The summed E-state index contributed by atoms with van der Waals surface area (Å²) in [5.74, 6) is 1.30. The number of guanidine groups is 1. The third-order valence-corrected chi connectivity index (χ3v) is 7.12. The maximum Gasteiger partial charge on any atom is 0.236 e. The Morgan fingerprint density at radius 3 is 2.40 bits per heavy atom. The summed E-state index contributed by atoms with van der Waals surface area (Å²) in [6.45, 7) is 14.4. The van der Waals surface area contributed by atoms with E-state index in [1.165, 1.54) is 11.3 Å². The van der Waals surface area contributed by atoms with Crippen molar-refractivity contribution < 1.29 is 4.79 Å². The average Bonchev–Trinajstić information content (AvgIpc) is 3.28. The largest absolute Gasteiger partial charge is 0.357 e. The van der Waals surface area contributed by atoms with Crippen LogP contribution in [0.15, 0.2) is 22.5 Å². The van der Waals surface area contributed by atoms with Gasteiger partial charge in [-0.2, -0.15) is 0 Å².